The summed E-state index contributed by atoms with van der Waals surface area (Å²) >= 11 is 0. The van der Waals surface area contributed by atoms with E-state index in [4.69, 9.17) is 9.47 Å². The van der Waals surface area contributed by atoms with E-state index in [1.54, 1.807) is 26.4 Å². The van der Waals surface area contributed by atoms with Crippen LogP contribution in [0.4, 0.5) is 5.69 Å². The smallest absolute Gasteiger partial charge is 0.224 e. The first-order valence-electron chi connectivity index (χ1n) is 7.86. The normalized spacial score (nSPS) is 19.3. The molecule has 2 N–H and O–H groups in total. The Morgan fingerprint density at radius 1 is 1.41 bits per heavy atom. The highest BCUT2D eigenvalue weighted by Crippen LogP contribution is 2.30. The lowest BCUT2D eigenvalue weighted by atomic mass is 9.85. The third kappa shape index (κ3) is 4.37. The lowest BCUT2D eigenvalue weighted by Crippen LogP contribution is -2.34. The Morgan fingerprint density at radius 3 is 2.86 bits per heavy atom. The van der Waals surface area contributed by atoms with Gasteiger partial charge in [0.2, 0.25) is 5.91 Å². The molecular weight excluding hydrogens is 280 g/mol. The van der Waals surface area contributed by atoms with E-state index in [2.05, 4.69) is 17.6 Å². The molecule has 1 heterocycles. The standard InChI is InChI=1S/C17H26N2O3/c1-12(13-5-4-8-18-11-13)9-17(20)19-15-10-14(21-2)6-7-16(15)22-3/h6-7,10,12-13,18H,4-5,8-9,11H2,1-3H3,(H,19,20)/t12-,13-/m1/s1. The quantitative estimate of drug-likeness (QED) is 0.848. The van der Waals surface area contributed by atoms with Gasteiger partial charge in [0.05, 0.1) is 19.9 Å². The molecule has 5 nitrogen and oxygen atoms in total. The second kappa shape index (κ2) is 8.03. The summed E-state index contributed by atoms with van der Waals surface area (Å²) in [6.07, 6.45) is 2.91. The Balaban J connectivity index is 1.96. The zero-order valence-electron chi connectivity index (χ0n) is 13.6. The molecule has 0 bridgehead atoms. The number of amides is 1. The largest absolute Gasteiger partial charge is 0.497 e. The summed E-state index contributed by atoms with van der Waals surface area (Å²) in [5.74, 6) is 2.29. The first-order valence-corrected chi connectivity index (χ1v) is 7.86. The van der Waals surface area contributed by atoms with Crippen LogP contribution in [0.2, 0.25) is 0 Å². The second-order valence-corrected chi connectivity index (χ2v) is 5.90. The molecule has 2 atom stereocenters. The molecule has 0 spiro atoms. The number of carbonyl (C=O) groups excluding carboxylic acids is 1. The minimum Gasteiger partial charge on any atom is -0.497 e. The van der Waals surface area contributed by atoms with Crippen molar-refractivity contribution in [2.45, 2.75) is 26.2 Å². The maximum absolute atomic E-state index is 12.3. The van der Waals surface area contributed by atoms with Gasteiger partial charge in [0.25, 0.3) is 0 Å². The highest BCUT2D eigenvalue weighted by molar-refractivity contribution is 5.92. The minimum absolute atomic E-state index is 0.0182. The van der Waals surface area contributed by atoms with Crippen molar-refractivity contribution in [3.63, 3.8) is 0 Å². The van der Waals surface area contributed by atoms with Crippen molar-refractivity contribution < 1.29 is 14.3 Å². The summed E-state index contributed by atoms with van der Waals surface area (Å²) in [4.78, 5) is 12.3. The van der Waals surface area contributed by atoms with Gasteiger partial charge in [-0.3, -0.25) is 4.79 Å². The zero-order valence-corrected chi connectivity index (χ0v) is 13.6. The van der Waals surface area contributed by atoms with E-state index in [-0.39, 0.29) is 5.91 Å². The molecule has 0 unspecified atom stereocenters. The third-order valence-corrected chi connectivity index (χ3v) is 4.33. The fourth-order valence-electron chi connectivity index (χ4n) is 2.94. The van der Waals surface area contributed by atoms with Crippen molar-refractivity contribution >= 4 is 11.6 Å². The van der Waals surface area contributed by atoms with Crippen LogP contribution in [0.1, 0.15) is 26.2 Å². The van der Waals surface area contributed by atoms with E-state index in [9.17, 15) is 4.79 Å². The highest BCUT2D eigenvalue weighted by atomic mass is 16.5. The summed E-state index contributed by atoms with van der Waals surface area (Å²) in [7, 11) is 3.19. The molecule has 1 aromatic carbocycles. The molecule has 0 aromatic heterocycles. The van der Waals surface area contributed by atoms with Crippen molar-refractivity contribution in [3.05, 3.63) is 18.2 Å². The molecule has 1 aromatic rings. The van der Waals surface area contributed by atoms with Gasteiger partial charge in [0, 0.05) is 12.5 Å². The molecule has 1 fully saturated rings. The topological polar surface area (TPSA) is 59.6 Å². The first-order chi connectivity index (χ1) is 10.6. The number of rotatable bonds is 6. The Bertz CT molecular complexity index is 499. The molecule has 1 amide bonds. The van der Waals surface area contributed by atoms with Gasteiger partial charge in [-0.15, -0.1) is 0 Å². The van der Waals surface area contributed by atoms with Crippen LogP contribution < -0.4 is 20.1 Å². The summed E-state index contributed by atoms with van der Waals surface area (Å²) in [6, 6.07) is 5.39. The fraction of sp³-hybridized carbons (Fsp3) is 0.588. The van der Waals surface area contributed by atoms with Crippen LogP contribution in [-0.4, -0.2) is 33.2 Å². The molecule has 1 aliphatic heterocycles. The SMILES string of the molecule is COc1ccc(OC)c(NC(=O)C[C@@H](C)[C@@H]2CCCNC2)c1. The van der Waals surface area contributed by atoms with Gasteiger partial charge >= 0.3 is 0 Å². The van der Waals surface area contributed by atoms with Crippen molar-refractivity contribution in [1.82, 2.24) is 5.32 Å². The molecule has 122 valence electrons. The van der Waals surface area contributed by atoms with Gasteiger partial charge in [0.15, 0.2) is 0 Å². The third-order valence-electron chi connectivity index (χ3n) is 4.33. The number of benzene rings is 1. The zero-order chi connectivity index (χ0) is 15.9. The molecule has 5 heteroatoms. The number of hydrogen-bond donors (Lipinski definition) is 2. The van der Waals surface area contributed by atoms with Gasteiger partial charge in [-0.1, -0.05) is 6.92 Å². The second-order valence-electron chi connectivity index (χ2n) is 5.90. The molecule has 1 aliphatic rings. The van der Waals surface area contributed by atoms with Gasteiger partial charge in [-0.05, 0) is 49.9 Å². The Kier molecular flexibility index (Phi) is 6.07. The summed E-state index contributed by atoms with van der Waals surface area (Å²) < 4.78 is 10.5. The van der Waals surface area contributed by atoms with Crippen LogP contribution in [0.25, 0.3) is 0 Å². The number of anilines is 1. The summed E-state index contributed by atoms with van der Waals surface area (Å²) in [6.45, 7) is 4.26. The van der Waals surface area contributed by atoms with E-state index in [0.717, 1.165) is 13.1 Å². The predicted molar refractivity (Wildman–Crippen MR) is 87.6 cm³/mol. The molecule has 22 heavy (non-hydrogen) atoms. The molecule has 0 aliphatic carbocycles. The van der Waals surface area contributed by atoms with Gasteiger partial charge < -0.3 is 20.1 Å². The minimum atomic E-state index is 0.0182. The number of methoxy groups -OCH3 is 2. The Labute approximate surface area is 132 Å². The fourth-order valence-corrected chi connectivity index (χ4v) is 2.94. The number of piperidine rings is 1. The van der Waals surface area contributed by atoms with E-state index in [0.29, 0.717) is 35.4 Å². The van der Waals surface area contributed by atoms with Crippen LogP contribution in [-0.2, 0) is 4.79 Å². The molecule has 2 rings (SSSR count). The number of nitrogens with one attached hydrogen (secondary N) is 2. The van der Waals surface area contributed by atoms with Crippen LogP contribution in [0.3, 0.4) is 0 Å². The maximum atomic E-state index is 12.3. The van der Waals surface area contributed by atoms with E-state index in [1.165, 1.54) is 12.8 Å². The van der Waals surface area contributed by atoms with Crippen molar-refractivity contribution in [2.75, 3.05) is 32.6 Å². The number of carbonyl (C=O) groups is 1. The first kappa shape index (κ1) is 16.6. The van der Waals surface area contributed by atoms with Crippen molar-refractivity contribution in [2.24, 2.45) is 11.8 Å². The summed E-state index contributed by atoms with van der Waals surface area (Å²) in [5, 5.41) is 6.35. The highest BCUT2D eigenvalue weighted by Gasteiger charge is 2.22. The Hall–Kier alpha value is -1.75. The number of ether oxygens (including phenoxy) is 2. The van der Waals surface area contributed by atoms with E-state index >= 15 is 0 Å². The molecule has 0 saturated carbocycles. The van der Waals surface area contributed by atoms with Crippen molar-refractivity contribution in [1.29, 1.82) is 0 Å². The summed E-state index contributed by atoms with van der Waals surface area (Å²) in [5.41, 5.74) is 0.654. The lowest BCUT2D eigenvalue weighted by Gasteiger charge is -2.28. The van der Waals surface area contributed by atoms with Crippen LogP contribution >= 0.6 is 0 Å². The lowest BCUT2D eigenvalue weighted by molar-refractivity contribution is -0.117. The predicted octanol–water partition coefficient (Wildman–Crippen LogP) is 2.67. The molecular formula is C17H26N2O3. The van der Waals surface area contributed by atoms with Crippen molar-refractivity contribution in [3.8, 4) is 11.5 Å². The average molecular weight is 306 g/mol. The average Bonchev–Trinajstić information content (AvgIpc) is 2.55. The molecule has 1 saturated heterocycles. The monoisotopic (exact) mass is 306 g/mol. The maximum Gasteiger partial charge on any atom is 0.224 e. The van der Waals surface area contributed by atoms with Crippen LogP contribution in [0.15, 0.2) is 18.2 Å². The van der Waals surface area contributed by atoms with E-state index in [1.807, 2.05) is 6.07 Å². The van der Waals surface area contributed by atoms with Gasteiger partial charge in [-0.2, -0.15) is 0 Å². The van der Waals surface area contributed by atoms with Gasteiger partial charge in [-0.25, -0.2) is 0 Å². The number of hydrogen-bond acceptors (Lipinski definition) is 4. The molecule has 0 radical (unpaired) electrons. The Morgan fingerprint density at radius 2 is 2.23 bits per heavy atom. The van der Waals surface area contributed by atoms with Crippen LogP contribution in [0, 0.1) is 11.8 Å². The van der Waals surface area contributed by atoms with E-state index < -0.39 is 0 Å². The van der Waals surface area contributed by atoms with Crippen LogP contribution in [0.5, 0.6) is 11.5 Å². The van der Waals surface area contributed by atoms with Gasteiger partial charge in [0.1, 0.15) is 11.5 Å².